The number of hydrogen-bond donors (Lipinski definition) is 1. The molecule has 3 rings (SSSR count). The molecular formula is C27H36N4O2. The van der Waals surface area contributed by atoms with Crippen LogP contribution in [-0.2, 0) is 0 Å². The Balaban J connectivity index is 1.83. The van der Waals surface area contributed by atoms with Gasteiger partial charge in [-0.2, -0.15) is 5.10 Å². The number of methoxy groups -OCH3 is 1. The second kappa shape index (κ2) is 11.7. The van der Waals surface area contributed by atoms with Crippen molar-refractivity contribution < 1.29 is 9.53 Å². The SMILES string of the molecule is CCN(CC)CCCC(C)NC(=O)c1cc(-c2cccc(OC)c2)nn1-c1ccc(C)cc1. The van der Waals surface area contributed by atoms with Gasteiger partial charge in [-0.25, -0.2) is 4.68 Å². The molecule has 0 aliphatic rings. The first-order chi connectivity index (χ1) is 15.9. The Morgan fingerprint density at radius 2 is 1.85 bits per heavy atom. The minimum Gasteiger partial charge on any atom is -0.497 e. The van der Waals surface area contributed by atoms with Gasteiger partial charge in [0, 0.05) is 11.6 Å². The summed E-state index contributed by atoms with van der Waals surface area (Å²) in [5.74, 6) is 0.637. The summed E-state index contributed by atoms with van der Waals surface area (Å²) in [6, 6.07) is 17.7. The summed E-state index contributed by atoms with van der Waals surface area (Å²) < 4.78 is 7.09. The van der Waals surface area contributed by atoms with Crippen molar-refractivity contribution in [2.24, 2.45) is 0 Å². The van der Waals surface area contributed by atoms with Gasteiger partial charge in [-0.3, -0.25) is 4.79 Å². The Hall–Kier alpha value is -3.12. The zero-order valence-electron chi connectivity index (χ0n) is 20.5. The smallest absolute Gasteiger partial charge is 0.270 e. The topological polar surface area (TPSA) is 59.4 Å². The lowest BCUT2D eigenvalue weighted by atomic mass is 10.1. The van der Waals surface area contributed by atoms with Crippen molar-refractivity contribution in [3.63, 3.8) is 0 Å². The van der Waals surface area contributed by atoms with E-state index in [-0.39, 0.29) is 11.9 Å². The second-order valence-electron chi connectivity index (χ2n) is 8.44. The maximum Gasteiger partial charge on any atom is 0.270 e. The number of rotatable bonds is 11. The van der Waals surface area contributed by atoms with Crippen LogP contribution in [0.2, 0.25) is 0 Å². The highest BCUT2D eigenvalue weighted by molar-refractivity contribution is 5.94. The molecule has 3 aromatic rings. The van der Waals surface area contributed by atoms with Gasteiger partial charge in [0.2, 0.25) is 0 Å². The average molecular weight is 449 g/mol. The molecule has 0 radical (unpaired) electrons. The standard InChI is InChI=1S/C27H36N4O2/c1-6-30(7-2)17-9-10-21(4)28-27(32)26-19-25(22-11-8-12-24(18-22)33-5)29-31(26)23-15-13-20(3)14-16-23/h8,11-16,18-19,21H,6-7,9-10,17H2,1-5H3,(H,28,32). The second-order valence-corrected chi connectivity index (χ2v) is 8.44. The van der Waals surface area contributed by atoms with Crippen LogP contribution < -0.4 is 10.1 Å². The van der Waals surface area contributed by atoms with Gasteiger partial charge in [0.1, 0.15) is 11.4 Å². The van der Waals surface area contributed by atoms with E-state index in [1.807, 2.05) is 61.5 Å². The van der Waals surface area contributed by atoms with E-state index in [0.29, 0.717) is 5.69 Å². The summed E-state index contributed by atoms with van der Waals surface area (Å²) in [6.07, 6.45) is 1.99. The predicted octanol–water partition coefficient (Wildman–Crippen LogP) is 5.10. The first-order valence-corrected chi connectivity index (χ1v) is 11.8. The Kier molecular flexibility index (Phi) is 8.66. The first-order valence-electron chi connectivity index (χ1n) is 11.8. The van der Waals surface area contributed by atoms with Crippen LogP contribution in [0.25, 0.3) is 16.9 Å². The van der Waals surface area contributed by atoms with Crippen molar-refractivity contribution in [3.05, 3.63) is 65.9 Å². The lowest BCUT2D eigenvalue weighted by Gasteiger charge is -2.20. The highest BCUT2D eigenvalue weighted by atomic mass is 16.5. The number of aryl methyl sites for hydroxylation is 1. The highest BCUT2D eigenvalue weighted by Gasteiger charge is 2.19. The highest BCUT2D eigenvalue weighted by Crippen LogP contribution is 2.25. The largest absolute Gasteiger partial charge is 0.497 e. The molecule has 2 aromatic carbocycles. The van der Waals surface area contributed by atoms with E-state index in [9.17, 15) is 4.79 Å². The first kappa shape index (κ1) is 24.5. The van der Waals surface area contributed by atoms with Crippen LogP contribution in [0.1, 0.15) is 49.7 Å². The molecule has 0 aliphatic heterocycles. The molecule has 33 heavy (non-hydrogen) atoms. The molecule has 0 saturated carbocycles. The number of benzene rings is 2. The van der Waals surface area contributed by atoms with Crippen molar-refractivity contribution in [3.8, 4) is 22.7 Å². The summed E-state index contributed by atoms with van der Waals surface area (Å²) in [7, 11) is 1.64. The third kappa shape index (κ3) is 6.45. The van der Waals surface area contributed by atoms with Crippen LogP contribution >= 0.6 is 0 Å². The van der Waals surface area contributed by atoms with Gasteiger partial charge in [0.25, 0.3) is 5.91 Å². The molecule has 1 amide bonds. The van der Waals surface area contributed by atoms with E-state index in [1.54, 1.807) is 11.8 Å². The number of carbonyl (C=O) groups excluding carboxylic acids is 1. The third-order valence-electron chi connectivity index (χ3n) is 5.97. The number of hydrogen-bond acceptors (Lipinski definition) is 4. The third-order valence-corrected chi connectivity index (χ3v) is 5.97. The van der Waals surface area contributed by atoms with Crippen molar-refractivity contribution in [1.29, 1.82) is 0 Å². The molecular weight excluding hydrogens is 412 g/mol. The molecule has 0 saturated heterocycles. The Labute approximate surface area is 197 Å². The number of nitrogens with one attached hydrogen (secondary N) is 1. The molecule has 6 heteroatoms. The average Bonchev–Trinajstić information content (AvgIpc) is 3.28. The zero-order valence-corrected chi connectivity index (χ0v) is 20.5. The Bertz CT molecular complexity index is 1040. The quantitative estimate of drug-likeness (QED) is 0.444. The van der Waals surface area contributed by atoms with E-state index in [0.717, 1.165) is 60.7 Å². The van der Waals surface area contributed by atoms with Crippen LogP contribution in [0.3, 0.4) is 0 Å². The van der Waals surface area contributed by atoms with Crippen molar-refractivity contribution in [2.75, 3.05) is 26.7 Å². The number of ether oxygens (including phenoxy) is 1. The van der Waals surface area contributed by atoms with Gasteiger partial charge in [-0.1, -0.05) is 43.7 Å². The van der Waals surface area contributed by atoms with E-state index >= 15 is 0 Å². The van der Waals surface area contributed by atoms with Gasteiger partial charge in [-0.05, 0) is 76.7 Å². The fourth-order valence-electron chi connectivity index (χ4n) is 3.88. The molecule has 0 spiro atoms. The molecule has 0 aliphatic carbocycles. The molecule has 1 aromatic heterocycles. The Morgan fingerprint density at radius 1 is 1.12 bits per heavy atom. The molecule has 0 fully saturated rings. The summed E-state index contributed by atoms with van der Waals surface area (Å²) in [5, 5.41) is 7.96. The zero-order chi connectivity index (χ0) is 23.8. The number of amides is 1. The van der Waals surface area contributed by atoms with Crippen LogP contribution in [0.5, 0.6) is 5.75 Å². The van der Waals surface area contributed by atoms with Gasteiger partial charge in [-0.15, -0.1) is 0 Å². The van der Waals surface area contributed by atoms with Crippen LogP contribution in [0.4, 0.5) is 0 Å². The monoisotopic (exact) mass is 448 g/mol. The van der Waals surface area contributed by atoms with Gasteiger partial charge < -0.3 is 15.0 Å². The number of aromatic nitrogens is 2. The molecule has 0 bridgehead atoms. The normalized spacial score (nSPS) is 12.1. The summed E-state index contributed by atoms with van der Waals surface area (Å²) in [4.78, 5) is 15.7. The summed E-state index contributed by atoms with van der Waals surface area (Å²) in [6.45, 7) is 11.6. The predicted molar refractivity (Wildman–Crippen MR) is 134 cm³/mol. The van der Waals surface area contributed by atoms with E-state index < -0.39 is 0 Å². The molecule has 1 unspecified atom stereocenters. The maximum atomic E-state index is 13.3. The van der Waals surface area contributed by atoms with E-state index in [1.165, 1.54) is 0 Å². The molecule has 1 N–H and O–H groups in total. The van der Waals surface area contributed by atoms with Crippen LogP contribution in [0, 0.1) is 6.92 Å². The fourth-order valence-corrected chi connectivity index (χ4v) is 3.88. The summed E-state index contributed by atoms with van der Waals surface area (Å²) in [5.41, 5.74) is 4.17. The molecule has 1 heterocycles. The van der Waals surface area contributed by atoms with Crippen molar-refractivity contribution in [2.45, 2.75) is 46.6 Å². The van der Waals surface area contributed by atoms with Gasteiger partial charge in [0.05, 0.1) is 18.5 Å². The molecule has 1 atom stereocenters. The lowest BCUT2D eigenvalue weighted by molar-refractivity contribution is 0.0929. The fraction of sp³-hybridized carbons (Fsp3) is 0.407. The number of carbonyl (C=O) groups is 1. The van der Waals surface area contributed by atoms with Gasteiger partial charge >= 0.3 is 0 Å². The summed E-state index contributed by atoms with van der Waals surface area (Å²) >= 11 is 0. The van der Waals surface area contributed by atoms with E-state index in [2.05, 4.69) is 31.0 Å². The minimum atomic E-state index is -0.118. The Morgan fingerprint density at radius 3 is 2.52 bits per heavy atom. The van der Waals surface area contributed by atoms with Crippen molar-refractivity contribution >= 4 is 5.91 Å². The van der Waals surface area contributed by atoms with Crippen LogP contribution in [0.15, 0.2) is 54.6 Å². The lowest BCUT2D eigenvalue weighted by Crippen LogP contribution is -2.34. The van der Waals surface area contributed by atoms with E-state index in [4.69, 9.17) is 9.84 Å². The molecule has 176 valence electrons. The van der Waals surface area contributed by atoms with Crippen molar-refractivity contribution in [1.82, 2.24) is 20.0 Å². The van der Waals surface area contributed by atoms with Crippen LogP contribution in [-0.4, -0.2) is 53.4 Å². The maximum absolute atomic E-state index is 13.3. The minimum absolute atomic E-state index is 0.0784. The number of nitrogens with zero attached hydrogens (tertiary/aromatic N) is 3. The van der Waals surface area contributed by atoms with Gasteiger partial charge in [0.15, 0.2) is 0 Å². The molecule has 6 nitrogen and oxygen atoms in total.